The molecule has 2 unspecified atom stereocenters. The summed E-state index contributed by atoms with van der Waals surface area (Å²) in [6.07, 6.45) is 0.0939. The second kappa shape index (κ2) is 12.0. The maximum atomic E-state index is 14.1. The number of amides is 2. The van der Waals surface area contributed by atoms with Crippen LogP contribution < -0.4 is 20.9 Å². The van der Waals surface area contributed by atoms with E-state index in [1.165, 1.54) is 4.90 Å². The Labute approximate surface area is 272 Å². The number of halogens is 1. The van der Waals surface area contributed by atoms with E-state index in [1.807, 2.05) is 19.0 Å². The number of aliphatic hydroxyl groups is 3. The molecule has 2 aromatic rings. The molecule has 1 fully saturated rings. The van der Waals surface area contributed by atoms with Gasteiger partial charge in [-0.2, -0.15) is 0 Å². The van der Waals surface area contributed by atoms with Crippen LogP contribution in [0.2, 0.25) is 0 Å². The number of Topliss-reactive ketones (excluding diaryl/α,β-unsaturated/α-hetero) is 2. The van der Waals surface area contributed by atoms with Crippen LogP contribution in [0.15, 0.2) is 47.2 Å². The molecule has 3 aliphatic rings. The van der Waals surface area contributed by atoms with Gasteiger partial charge in [0.25, 0.3) is 11.8 Å². The summed E-state index contributed by atoms with van der Waals surface area (Å²) in [5, 5.41) is 48.6. The molecule has 0 saturated heterocycles. The minimum absolute atomic E-state index is 0. The Morgan fingerprint density at radius 2 is 1.59 bits per heavy atom. The molecule has 0 spiro atoms. The van der Waals surface area contributed by atoms with Gasteiger partial charge in [-0.3, -0.25) is 24.1 Å². The number of rotatable bonds is 6. The highest BCUT2D eigenvalue weighted by molar-refractivity contribution is 6.24. The Morgan fingerprint density at radius 1 is 0.978 bits per heavy atom. The molecule has 1 saturated carbocycles. The summed E-state index contributed by atoms with van der Waals surface area (Å²) < 4.78 is 0. The number of phenols is 1. The topological polar surface area (TPSA) is 197 Å². The number of benzene rings is 2. The number of phenolic OH excluding ortho intramolecular Hbond substituents is 1. The second-order valence-electron chi connectivity index (χ2n) is 12.4. The molecule has 2 aromatic carbocycles. The number of likely N-dealkylation sites (N-methyl/N-ethyl adjacent to an activating group) is 1. The van der Waals surface area contributed by atoms with E-state index in [4.69, 9.17) is 5.73 Å². The molecular weight excluding hydrogens is 618 g/mol. The first kappa shape index (κ1) is 34.3. The van der Waals surface area contributed by atoms with Gasteiger partial charge in [0, 0.05) is 56.6 Å². The van der Waals surface area contributed by atoms with E-state index >= 15 is 0 Å². The summed E-state index contributed by atoms with van der Waals surface area (Å²) in [6, 6.07) is 7.19. The van der Waals surface area contributed by atoms with Crippen molar-refractivity contribution in [3.63, 3.8) is 0 Å². The van der Waals surface area contributed by atoms with Gasteiger partial charge in [0.15, 0.2) is 11.4 Å². The minimum atomic E-state index is -2.74. The quantitative estimate of drug-likeness (QED) is 0.196. The first-order chi connectivity index (χ1) is 21.0. The lowest BCUT2D eigenvalue weighted by molar-refractivity contribution is -0.153. The highest BCUT2D eigenvalue weighted by Crippen LogP contribution is 2.54. The van der Waals surface area contributed by atoms with Gasteiger partial charge < -0.3 is 41.3 Å². The smallest absolute Gasteiger partial charge is 0.255 e. The van der Waals surface area contributed by atoms with Crippen molar-refractivity contribution < 1.29 is 39.6 Å². The fourth-order valence-corrected chi connectivity index (χ4v) is 6.89. The van der Waals surface area contributed by atoms with E-state index in [1.54, 1.807) is 63.4 Å². The SMILES string of the molecule is CN(C)c1ccc(C(=O)Nc2cc(N(C)C)c3c(c2O)C(O)=C2C(=O)[C@]4(O)C(O)=C(C(N)=O)C(=O)[C@@H](N(C)C)C4CC2C3)cc1.Cl. The fraction of sp³-hybridized carbons (Fsp3) is 0.375. The molecule has 7 N–H and O–H groups in total. The zero-order chi connectivity index (χ0) is 33.3. The molecule has 0 heterocycles. The van der Waals surface area contributed by atoms with Crippen LogP contribution in [0.5, 0.6) is 5.75 Å². The van der Waals surface area contributed by atoms with Crippen LogP contribution in [0.4, 0.5) is 17.1 Å². The lowest BCUT2D eigenvalue weighted by Crippen LogP contribution is -2.65. The number of ketones is 2. The number of hydrogen-bond donors (Lipinski definition) is 6. The fourth-order valence-electron chi connectivity index (χ4n) is 6.89. The summed E-state index contributed by atoms with van der Waals surface area (Å²) in [5.41, 5.74) is 3.58. The molecular formula is C32H38ClN5O8. The van der Waals surface area contributed by atoms with Crippen LogP contribution in [-0.2, 0) is 20.8 Å². The molecule has 0 aromatic heterocycles. The zero-order valence-electron chi connectivity index (χ0n) is 26.3. The van der Waals surface area contributed by atoms with Crippen LogP contribution in [0, 0.1) is 11.8 Å². The van der Waals surface area contributed by atoms with Gasteiger partial charge in [-0.15, -0.1) is 12.4 Å². The van der Waals surface area contributed by atoms with E-state index in [2.05, 4.69) is 5.32 Å². The van der Waals surface area contributed by atoms with E-state index < -0.39 is 69.7 Å². The Hall–Kier alpha value is -4.59. The highest BCUT2D eigenvalue weighted by atomic mass is 35.5. The Bertz CT molecular complexity index is 1720. The predicted molar refractivity (Wildman–Crippen MR) is 175 cm³/mol. The van der Waals surface area contributed by atoms with Crippen molar-refractivity contribution in [3.05, 3.63) is 63.9 Å². The van der Waals surface area contributed by atoms with E-state index in [0.29, 0.717) is 16.8 Å². The number of anilines is 3. The third kappa shape index (κ3) is 5.04. The number of hydrogen-bond acceptors (Lipinski definition) is 11. The van der Waals surface area contributed by atoms with Crippen molar-refractivity contribution in [2.45, 2.75) is 24.5 Å². The van der Waals surface area contributed by atoms with Crippen LogP contribution in [-0.4, -0.2) is 103 Å². The molecule has 0 radical (unpaired) electrons. The largest absolute Gasteiger partial charge is 0.508 e. The predicted octanol–water partition coefficient (Wildman–Crippen LogP) is 1.77. The molecule has 13 nitrogen and oxygen atoms in total. The molecule has 4 atom stereocenters. The van der Waals surface area contributed by atoms with Crippen molar-refractivity contribution in [2.24, 2.45) is 17.6 Å². The maximum absolute atomic E-state index is 14.1. The highest BCUT2D eigenvalue weighted by Gasteiger charge is 2.64. The number of carbonyl (C=O) groups is 4. The number of carbonyl (C=O) groups excluding carboxylic acids is 4. The summed E-state index contributed by atoms with van der Waals surface area (Å²) >= 11 is 0. The van der Waals surface area contributed by atoms with Gasteiger partial charge >= 0.3 is 0 Å². The zero-order valence-corrected chi connectivity index (χ0v) is 27.1. The average Bonchev–Trinajstić information content (AvgIpc) is 2.95. The number of aromatic hydroxyl groups is 1. The van der Waals surface area contributed by atoms with Crippen molar-refractivity contribution in [2.75, 3.05) is 57.4 Å². The standard InChI is InChI=1S/C32H37N5O8.ClH/c1-35(2)16-9-7-14(8-10-16)31(44)34-19-13-20(36(3)4)17-11-15-12-18-24(37(5)6)27(40)23(30(33)43)29(42)32(18,45)28(41)21(15)26(39)22(17)25(19)38;/h7-10,13,15,18,24,38-39,42,45H,11-12H2,1-6H3,(H2,33,43)(H,34,44);1H/t15?,18?,24-,32-;/m0./s1. The van der Waals surface area contributed by atoms with Gasteiger partial charge in [0.2, 0.25) is 5.78 Å². The molecule has 2 amide bonds. The van der Waals surface area contributed by atoms with Crippen LogP contribution in [0.25, 0.3) is 5.76 Å². The van der Waals surface area contributed by atoms with E-state index in [-0.39, 0.29) is 42.1 Å². The van der Waals surface area contributed by atoms with Crippen LogP contribution in [0.1, 0.15) is 27.9 Å². The van der Waals surface area contributed by atoms with Gasteiger partial charge in [-0.05, 0) is 68.8 Å². The third-order valence-corrected chi connectivity index (χ3v) is 9.07. The third-order valence-electron chi connectivity index (χ3n) is 9.07. The minimum Gasteiger partial charge on any atom is -0.508 e. The van der Waals surface area contributed by atoms with E-state index in [0.717, 1.165) is 5.69 Å². The number of aliphatic hydroxyl groups excluding tert-OH is 2. The molecule has 5 rings (SSSR count). The molecule has 0 bridgehead atoms. The van der Waals surface area contributed by atoms with Crippen molar-refractivity contribution in [3.8, 4) is 5.75 Å². The number of nitrogens with one attached hydrogen (secondary N) is 1. The number of fused-ring (bicyclic) bond motifs is 3. The number of primary amides is 1. The summed E-state index contributed by atoms with van der Waals surface area (Å²) in [6.45, 7) is 0. The van der Waals surface area contributed by atoms with Gasteiger partial charge in [0.05, 0.1) is 17.3 Å². The van der Waals surface area contributed by atoms with Crippen molar-refractivity contribution >= 4 is 58.6 Å². The Kier molecular flexibility index (Phi) is 8.92. The first-order valence-corrected chi connectivity index (χ1v) is 14.3. The molecule has 0 aliphatic heterocycles. The monoisotopic (exact) mass is 655 g/mol. The molecule has 246 valence electrons. The molecule has 14 heteroatoms. The van der Waals surface area contributed by atoms with Crippen molar-refractivity contribution in [1.82, 2.24) is 4.90 Å². The Balaban J connectivity index is 0.00000480. The van der Waals surface area contributed by atoms with Crippen molar-refractivity contribution in [1.29, 1.82) is 0 Å². The number of nitrogens with two attached hydrogens (primary N) is 1. The average molecular weight is 656 g/mol. The molecule has 3 aliphatic carbocycles. The summed E-state index contributed by atoms with van der Waals surface area (Å²) in [4.78, 5) is 57.9. The van der Waals surface area contributed by atoms with Gasteiger partial charge in [0.1, 0.15) is 22.8 Å². The summed E-state index contributed by atoms with van der Waals surface area (Å²) in [5.74, 6) is -7.94. The normalized spacial score (nSPS) is 23.7. The van der Waals surface area contributed by atoms with Gasteiger partial charge in [-0.25, -0.2) is 0 Å². The molecule has 46 heavy (non-hydrogen) atoms. The Morgan fingerprint density at radius 3 is 2.11 bits per heavy atom. The second-order valence-corrected chi connectivity index (χ2v) is 12.4. The number of nitrogens with zero attached hydrogens (tertiary/aromatic N) is 3. The maximum Gasteiger partial charge on any atom is 0.255 e. The van der Waals surface area contributed by atoms with Gasteiger partial charge in [-0.1, -0.05) is 0 Å². The van der Waals surface area contributed by atoms with E-state index in [9.17, 15) is 39.6 Å². The van der Waals surface area contributed by atoms with Crippen LogP contribution in [0.3, 0.4) is 0 Å². The summed E-state index contributed by atoms with van der Waals surface area (Å²) in [7, 11) is 10.3. The van der Waals surface area contributed by atoms with Crippen LogP contribution >= 0.6 is 12.4 Å². The lowest BCUT2D eigenvalue weighted by Gasteiger charge is -2.50. The lowest BCUT2D eigenvalue weighted by atomic mass is 9.57. The first-order valence-electron chi connectivity index (χ1n) is 14.3.